The maximum atomic E-state index is 11.2. The molecule has 3 unspecified atom stereocenters. The Bertz CT molecular complexity index is 233. The minimum atomic E-state index is -2.80. The number of hydrogen-bond acceptors (Lipinski definition) is 3. The second kappa shape index (κ2) is 2.75. The predicted molar refractivity (Wildman–Crippen MR) is 45.0 cm³/mol. The van der Waals surface area contributed by atoms with Crippen molar-refractivity contribution >= 4 is 9.84 Å². The number of sulfone groups is 1. The quantitative estimate of drug-likeness (QED) is 0.620. The molecule has 2 N–H and O–H groups in total. The molecule has 0 radical (unpaired) electrons. The van der Waals surface area contributed by atoms with Crippen LogP contribution < -0.4 is 5.73 Å². The van der Waals surface area contributed by atoms with Gasteiger partial charge in [0.2, 0.25) is 0 Å². The van der Waals surface area contributed by atoms with E-state index < -0.39 is 9.84 Å². The molecular weight excluding hydrogens is 162 g/mol. The molecule has 3 atom stereocenters. The molecule has 1 aliphatic rings. The molecule has 1 fully saturated rings. The van der Waals surface area contributed by atoms with E-state index in [2.05, 4.69) is 0 Å². The lowest BCUT2D eigenvalue weighted by molar-refractivity contribution is 0.477. The van der Waals surface area contributed by atoms with Crippen molar-refractivity contribution in [2.75, 3.05) is 5.75 Å². The average molecular weight is 177 g/mol. The van der Waals surface area contributed by atoms with E-state index in [1.54, 1.807) is 6.92 Å². The van der Waals surface area contributed by atoms with E-state index in [4.69, 9.17) is 5.73 Å². The lowest BCUT2D eigenvalue weighted by Gasteiger charge is -2.10. The van der Waals surface area contributed by atoms with E-state index in [1.165, 1.54) is 0 Å². The first kappa shape index (κ1) is 9.00. The van der Waals surface area contributed by atoms with Gasteiger partial charge in [-0.25, -0.2) is 8.42 Å². The maximum absolute atomic E-state index is 11.2. The van der Waals surface area contributed by atoms with Gasteiger partial charge in [0.1, 0.15) is 0 Å². The van der Waals surface area contributed by atoms with Gasteiger partial charge in [0, 0.05) is 6.04 Å². The molecule has 1 heterocycles. The summed E-state index contributed by atoms with van der Waals surface area (Å²) in [5.74, 6) is 0.459. The van der Waals surface area contributed by atoms with E-state index in [0.717, 1.165) is 6.42 Å². The number of hydrogen-bond donors (Lipinski definition) is 1. The Balaban J connectivity index is 2.73. The van der Waals surface area contributed by atoms with Gasteiger partial charge in [-0.2, -0.15) is 0 Å². The van der Waals surface area contributed by atoms with Crippen molar-refractivity contribution in [2.24, 2.45) is 11.7 Å². The summed E-state index contributed by atoms with van der Waals surface area (Å²) in [6.07, 6.45) is 0.736. The number of nitrogens with two attached hydrogens (primary N) is 1. The van der Waals surface area contributed by atoms with Crippen LogP contribution in [0.2, 0.25) is 0 Å². The van der Waals surface area contributed by atoms with Gasteiger partial charge in [0.15, 0.2) is 9.84 Å². The zero-order valence-electron chi connectivity index (χ0n) is 6.95. The molecule has 0 bridgehead atoms. The molecular formula is C7H15NO2S. The van der Waals surface area contributed by atoms with E-state index >= 15 is 0 Å². The van der Waals surface area contributed by atoms with Gasteiger partial charge in [-0.3, -0.25) is 0 Å². The van der Waals surface area contributed by atoms with E-state index in [-0.39, 0.29) is 23.0 Å². The molecule has 0 saturated carbocycles. The van der Waals surface area contributed by atoms with Crippen LogP contribution in [-0.4, -0.2) is 25.5 Å². The van der Waals surface area contributed by atoms with Crippen LogP contribution in [0.5, 0.6) is 0 Å². The van der Waals surface area contributed by atoms with Crippen molar-refractivity contribution in [2.45, 2.75) is 31.6 Å². The van der Waals surface area contributed by atoms with E-state index in [9.17, 15) is 8.42 Å². The molecule has 0 aliphatic carbocycles. The van der Waals surface area contributed by atoms with Crippen molar-refractivity contribution in [3.8, 4) is 0 Å². The van der Waals surface area contributed by atoms with Crippen molar-refractivity contribution in [1.29, 1.82) is 0 Å². The van der Waals surface area contributed by atoms with Gasteiger partial charge in [0.05, 0.1) is 11.0 Å². The Morgan fingerprint density at radius 1 is 1.55 bits per heavy atom. The molecule has 1 saturated heterocycles. The smallest absolute Gasteiger partial charge is 0.153 e. The van der Waals surface area contributed by atoms with Crippen LogP contribution in [0.1, 0.15) is 20.3 Å². The summed E-state index contributed by atoms with van der Waals surface area (Å²) in [5.41, 5.74) is 5.62. The largest absolute Gasteiger partial charge is 0.328 e. The Morgan fingerprint density at radius 2 is 2.09 bits per heavy atom. The summed E-state index contributed by atoms with van der Waals surface area (Å²) >= 11 is 0. The minimum absolute atomic E-state index is 0.00900. The van der Waals surface area contributed by atoms with Gasteiger partial charge in [0.25, 0.3) is 0 Å². The summed E-state index contributed by atoms with van der Waals surface area (Å²) < 4.78 is 22.4. The Morgan fingerprint density at radius 3 is 2.27 bits per heavy atom. The highest BCUT2D eigenvalue weighted by Gasteiger charge is 2.36. The zero-order chi connectivity index (χ0) is 8.65. The van der Waals surface area contributed by atoms with Crippen molar-refractivity contribution in [3.05, 3.63) is 0 Å². The molecule has 3 nitrogen and oxygen atoms in total. The number of rotatable bonds is 1. The molecule has 0 aromatic rings. The first-order valence-corrected chi connectivity index (χ1v) is 5.62. The topological polar surface area (TPSA) is 60.2 Å². The molecule has 0 aromatic heterocycles. The molecule has 0 aromatic carbocycles. The summed E-state index contributed by atoms with van der Waals surface area (Å²) in [6, 6.07) is 0.00900. The third-order valence-corrected chi connectivity index (χ3v) is 4.75. The lowest BCUT2D eigenvalue weighted by Crippen LogP contribution is -2.27. The summed E-state index contributed by atoms with van der Waals surface area (Å²) in [7, 11) is -2.80. The Labute approximate surface area is 67.9 Å². The predicted octanol–water partition coefficient (Wildman–Crippen LogP) is 0.157. The molecule has 1 rings (SSSR count). The summed E-state index contributed by atoms with van der Waals surface area (Å²) in [4.78, 5) is 0. The van der Waals surface area contributed by atoms with Crippen molar-refractivity contribution in [3.63, 3.8) is 0 Å². The molecule has 0 amide bonds. The van der Waals surface area contributed by atoms with E-state index in [1.807, 2.05) is 6.92 Å². The normalized spacial score (nSPS) is 38.8. The van der Waals surface area contributed by atoms with Crippen LogP contribution in [0, 0.1) is 5.92 Å². The summed E-state index contributed by atoms with van der Waals surface area (Å²) in [5, 5.41) is -0.182. The van der Waals surface area contributed by atoms with Gasteiger partial charge < -0.3 is 5.73 Å². The van der Waals surface area contributed by atoms with Gasteiger partial charge in [-0.1, -0.05) is 0 Å². The fourth-order valence-electron chi connectivity index (χ4n) is 1.47. The molecule has 4 heteroatoms. The van der Waals surface area contributed by atoms with Gasteiger partial charge >= 0.3 is 0 Å². The summed E-state index contributed by atoms with van der Waals surface area (Å²) in [6.45, 7) is 3.63. The van der Waals surface area contributed by atoms with Gasteiger partial charge in [-0.05, 0) is 26.2 Å². The third kappa shape index (κ3) is 1.73. The zero-order valence-corrected chi connectivity index (χ0v) is 7.76. The highest BCUT2D eigenvalue weighted by atomic mass is 32.2. The maximum Gasteiger partial charge on any atom is 0.153 e. The van der Waals surface area contributed by atoms with Crippen LogP contribution in [0.25, 0.3) is 0 Å². The molecule has 1 aliphatic heterocycles. The minimum Gasteiger partial charge on any atom is -0.328 e. The molecule has 11 heavy (non-hydrogen) atoms. The second-order valence-corrected chi connectivity index (χ2v) is 5.96. The van der Waals surface area contributed by atoms with Crippen LogP contribution in [0.4, 0.5) is 0 Å². The van der Waals surface area contributed by atoms with E-state index in [0.29, 0.717) is 0 Å². The monoisotopic (exact) mass is 177 g/mol. The Kier molecular flexibility index (Phi) is 2.25. The standard InChI is InChI=1S/C7H15NO2S/c1-5-3-7(6(2)8)4-11(5,9)10/h5-7H,3-4,8H2,1-2H3. The van der Waals surface area contributed by atoms with Gasteiger partial charge in [-0.15, -0.1) is 0 Å². The SMILES string of the molecule is CC(N)C1CC(C)S(=O)(=O)C1. The van der Waals surface area contributed by atoms with Crippen molar-refractivity contribution in [1.82, 2.24) is 0 Å². The fraction of sp³-hybridized carbons (Fsp3) is 1.00. The van der Waals surface area contributed by atoms with Crippen LogP contribution in [0.15, 0.2) is 0 Å². The average Bonchev–Trinajstić information content (AvgIpc) is 2.08. The highest BCUT2D eigenvalue weighted by molar-refractivity contribution is 7.92. The fourth-order valence-corrected chi connectivity index (χ4v) is 3.38. The van der Waals surface area contributed by atoms with Crippen LogP contribution >= 0.6 is 0 Å². The first-order chi connectivity index (χ1) is 4.93. The van der Waals surface area contributed by atoms with Crippen LogP contribution in [0.3, 0.4) is 0 Å². The Hall–Kier alpha value is -0.0900. The molecule has 66 valence electrons. The van der Waals surface area contributed by atoms with Crippen LogP contribution in [-0.2, 0) is 9.84 Å². The first-order valence-electron chi connectivity index (χ1n) is 3.90. The lowest BCUT2D eigenvalue weighted by atomic mass is 9.99. The second-order valence-electron chi connectivity index (χ2n) is 3.50. The third-order valence-electron chi connectivity index (χ3n) is 2.44. The van der Waals surface area contributed by atoms with Crippen molar-refractivity contribution < 1.29 is 8.42 Å². The molecule has 0 spiro atoms. The highest BCUT2D eigenvalue weighted by Crippen LogP contribution is 2.26.